The Kier molecular flexibility index (Phi) is 5.73. The zero-order chi connectivity index (χ0) is 17.7. The van der Waals surface area contributed by atoms with E-state index >= 15 is 0 Å². The summed E-state index contributed by atoms with van der Waals surface area (Å²) in [6.45, 7) is 1.46. The van der Waals surface area contributed by atoms with E-state index in [1.165, 1.54) is 32.2 Å². The van der Waals surface area contributed by atoms with Crippen LogP contribution in [0, 0.1) is 16.0 Å². The third-order valence-electron chi connectivity index (χ3n) is 4.00. The van der Waals surface area contributed by atoms with Crippen LogP contribution in [0.15, 0.2) is 18.2 Å². The molecule has 8 heteroatoms. The molecule has 0 heterocycles. The number of carbonyl (C=O) groups is 2. The van der Waals surface area contributed by atoms with Crippen LogP contribution in [0.25, 0.3) is 0 Å². The number of nitrogens with zero attached hydrogens (tertiary/aromatic N) is 1. The highest BCUT2D eigenvalue weighted by Gasteiger charge is 2.28. The molecule has 1 amide bonds. The van der Waals surface area contributed by atoms with Gasteiger partial charge in [0.1, 0.15) is 5.75 Å². The van der Waals surface area contributed by atoms with Crippen molar-refractivity contribution >= 4 is 23.3 Å². The molecule has 1 aromatic carbocycles. The first kappa shape index (κ1) is 17.7. The molecule has 24 heavy (non-hydrogen) atoms. The number of nitrogens with one attached hydrogen (secondary N) is 1. The molecule has 1 aromatic rings. The number of amides is 1. The van der Waals surface area contributed by atoms with Gasteiger partial charge in [-0.1, -0.05) is 12.8 Å². The summed E-state index contributed by atoms with van der Waals surface area (Å²) in [5.41, 5.74) is -0.0258. The molecule has 2 rings (SSSR count). The number of carbonyl (C=O) groups excluding carboxylic acids is 2. The minimum Gasteiger partial charge on any atom is -0.495 e. The Balaban J connectivity index is 2.03. The van der Waals surface area contributed by atoms with E-state index in [0.29, 0.717) is 0 Å². The number of non-ortho nitro benzene ring substituents is 1. The normalized spacial score (nSPS) is 15.6. The van der Waals surface area contributed by atoms with Crippen LogP contribution in [0.2, 0.25) is 0 Å². The molecule has 0 spiro atoms. The van der Waals surface area contributed by atoms with Crippen LogP contribution < -0.4 is 10.1 Å². The van der Waals surface area contributed by atoms with Crippen LogP contribution in [0.3, 0.4) is 0 Å². The molecule has 1 fully saturated rings. The lowest BCUT2D eigenvalue weighted by atomic mass is 10.1. The number of methoxy groups -OCH3 is 1. The van der Waals surface area contributed by atoms with Gasteiger partial charge in [-0.15, -0.1) is 0 Å². The van der Waals surface area contributed by atoms with Gasteiger partial charge in [0, 0.05) is 12.1 Å². The van der Waals surface area contributed by atoms with E-state index in [0.717, 1.165) is 25.7 Å². The number of ether oxygens (including phenoxy) is 2. The van der Waals surface area contributed by atoms with Crippen molar-refractivity contribution < 1.29 is 24.0 Å². The first-order chi connectivity index (χ1) is 11.4. The Hall–Kier alpha value is -2.64. The van der Waals surface area contributed by atoms with Gasteiger partial charge < -0.3 is 14.8 Å². The van der Waals surface area contributed by atoms with E-state index in [-0.39, 0.29) is 29.0 Å². The fourth-order valence-corrected chi connectivity index (χ4v) is 2.63. The predicted molar refractivity (Wildman–Crippen MR) is 85.8 cm³/mol. The number of rotatable bonds is 6. The van der Waals surface area contributed by atoms with Gasteiger partial charge in [0.15, 0.2) is 6.10 Å². The second-order valence-corrected chi connectivity index (χ2v) is 5.69. The first-order valence-corrected chi connectivity index (χ1v) is 7.76. The highest BCUT2D eigenvalue weighted by molar-refractivity contribution is 5.96. The number of nitro benzene ring substituents is 1. The van der Waals surface area contributed by atoms with Gasteiger partial charge in [0.2, 0.25) is 0 Å². The fourth-order valence-electron chi connectivity index (χ4n) is 2.63. The number of hydrogen-bond acceptors (Lipinski definition) is 6. The summed E-state index contributed by atoms with van der Waals surface area (Å²) in [4.78, 5) is 34.4. The third kappa shape index (κ3) is 4.21. The van der Waals surface area contributed by atoms with Crippen molar-refractivity contribution in [1.82, 2.24) is 0 Å². The molecule has 0 aromatic heterocycles. The van der Waals surface area contributed by atoms with E-state index in [1.54, 1.807) is 0 Å². The predicted octanol–water partition coefficient (Wildman–Crippen LogP) is 2.66. The van der Waals surface area contributed by atoms with Gasteiger partial charge >= 0.3 is 5.97 Å². The molecule has 0 unspecified atom stereocenters. The highest BCUT2D eigenvalue weighted by Crippen LogP contribution is 2.29. The SMILES string of the molecule is COc1ccc([N+](=O)[O-])cc1NC(=O)[C@@H](C)OC(=O)C1CCCC1. The summed E-state index contributed by atoms with van der Waals surface area (Å²) in [6.07, 6.45) is 2.55. The van der Waals surface area contributed by atoms with Crippen LogP contribution in [-0.4, -0.2) is 30.0 Å². The van der Waals surface area contributed by atoms with E-state index < -0.39 is 16.9 Å². The van der Waals surface area contributed by atoms with Crippen LogP contribution >= 0.6 is 0 Å². The molecule has 1 N–H and O–H groups in total. The first-order valence-electron chi connectivity index (χ1n) is 7.76. The summed E-state index contributed by atoms with van der Waals surface area (Å²) < 4.78 is 10.3. The van der Waals surface area contributed by atoms with E-state index in [2.05, 4.69) is 5.32 Å². The van der Waals surface area contributed by atoms with Crippen molar-refractivity contribution in [2.75, 3.05) is 12.4 Å². The molecule has 130 valence electrons. The molecule has 8 nitrogen and oxygen atoms in total. The summed E-state index contributed by atoms with van der Waals surface area (Å²) >= 11 is 0. The average Bonchev–Trinajstić information content (AvgIpc) is 3.09. The van der Waals surface area contributed by atoms with E-state index in [1.807, 2.05) is 0 Å². The van der Waals surface area contributed by atoms with Gasteiger partial charge in [-0.3, -0.25) is 19.7 Å². The topological polar surface area (TPSA) is 108 Å². The van der Waals surface area contributed by atoms with Gasteiger partial charge in [-0.25, -0.2) is 0 Å². The Morgan fingerprint density at radius 1 is 1.33 bits per heavy atom. The van der Waals surface area contributed by atoms with Crippen LogP contribution in [0.1, 0.15) is 32.6 Å². The van der Waals surface area contributed by atoms with Gasteiger partial charge in [-0.2, -0.15) is 0 Å². The molecule has 1 atom stereocenters. The maximum atomic E-state index is 12.2. The summed E-state index contributed by atoms with van der Waals surface area (Å²) in [5.74, 6) is -0.808. The molecule has 1 aliphatic carbocycles. The van der Waals surface area contributed by atoms with E-state index in [4.69, 9.17) is 9.47 Å². The van der Waals surface area contributed by atoms with Crippen molar-refractivity contribution in [2.24, 2.45) is 5.92 Å². The number of hydrogen-bond donors (Lipinski definition) is 1. The maximum Gasteiger partial charge on any atom is 0.309 e. The number of esters is 1. The van der Waals surface area contributed by atoms with Gasteiger partial charge in [-0.05, 0) is 25.8 Å². The van der Waals surface area contributed by atoms with Crippen LogP contribution in [0.5, 0.6) is 5.75 Å². The van der Waals surface area contributed by atoms with E-state index in [9.17, 15) is 19.7 Å². The largest absolute Gasteiger partial charge is 0.495 e. The molecular formula is C16H20N2O6. The van der Waals surface area contributed by atoms with Gasteiger partial charge in [0.25, 0.3) is 11.6 Å². The molecule has 0 bridgehead atoms. The molecule has 0 saturated heterocycles. The average molecular weight is 336 g/mol. The third-order valence-corrected chi connectivity index (χ3v) is 4.00. The lowest BCUT2D eigenvalue weighted by molar-refractivity contribution is -0.384. The minimum atomic E-state index is -0.998. The lowest BCUT2D eigenvalue weighted by Gasteiger charge is -2.17. The van der Waals surface area contributed by atoms with Crippen molar-refractivity contribution in [1.29, 1.82) is 0 Å². The zero-order valence-corrected chi connectivity index (χ0v) is 13.6. The second kappa shape index (κ2) is 7.76. The monoisotopic (exact) mass is 336 g/mol. The van der Waals surface area contributed by atoms with Crippen molar-refractivity contribution in [3.8, 4) is 5.75 Å². The zero-order valence-electron chi connectivity index (χ0n) is 13.6. The maximum absolute atomic E-state index is 12.2. The molecule has 0 radical (unpaired) electrons. The summed E-state index contributed by atoms with van der Waals surface area (Å²) in [6, 6.07) is 3.86. The Morgan fingerprint density at radius 2 is 2.00 bits per heavy atom. The smallest absolute Gasteiger partial charge is 0.309 e. The molecule has 1 saturated carbocycles. The number of nitro groups is 1. The summed E-state index contributed by atoms with van der Waals surface area (Å²) in [5, 5.41) is 13.4. The molecular weight excluding hydrogens is 316 g/mol. The highest BCUT2D eigenvalue weighted by atomic mass is 16.6. The Labute approximate surface area is 139 Å². The van der Waals surface area contributed by atoms with Crippen LogP contribution in [0.4, 0.5) is 11.4 Å². The molecule has 0 aliphatic heterocycles. The quantitative estimate of drug-likeness (QED) is 0.486. The van der Waals surface area contributed by atoms with Gasteiger partial charge in [0.05, 0.1) is 23.6 Å². The Bertz CT molecular complexity index is 639. The number of benzene rings is 1. The lowest BCUT2D eigenvalue weighted by Crippen LogP contribution is -2.32. The van der Waals surface area contributed by atoms with Crippen LogP contribution in [-0.2, 0) is 14.3 Å². The van der Waals surface area contributed by atoms with Crippen molar-refractivity contribution in [2.45, 2.75) is 38.7 Å². The second-order valence-electron chi connectivity index (χ2n) is 5.69. The standard InChI is InChI=1S/C16H20N2O6/c1-10(24-16(20)11-5-3-4-6-11)15(19)17-13-9-12(18(21)22)7-8-14(13)23-2/h7-11H,3-6H2,1-2H3,(H,17,19)/t10-/m1/s1. The molecule has 1 aliphatic rings. The van der Waals surface area contributed by atoms with Crippen molar-refractivity contribution in [3.05, 3.63) is 28.3 Å². The fraction of sp³-hybridized carbons (Fsp3) is 0.500. The summed E-state index contributed by atoms with van der Waals surface area (Å²) in [7, 11) is 1.39. The minimum absolute atomic E-state index is 0.146. The number of anilines is 1. The Morgan fingerprint density at radius 3 is 2.58 bits per heavy atom. The van der Waals surface area contributed by atoms with Crippen molar-refractivity contribution in [3.63, 3.8) is 0 Å².